The Balaban J connectivity index is 2.27. The fourth-order valence-corrected chi connectivity index (χ4v) is 1.48. The molecule has 0 unspecified atom stereocenters. The van der Waals surface area contributed by atoms with Crippen LogP contribution in [0.2, 0.25) is 5.02 Å². The van der Waals surface area contributed by atoms with Crippen LogP contribution in [-0.2, 0) is 0 Å². The zero-order valence-corrected chi connectivity index (χ0v) is 7.24. The first-order chi connectivity index (χ1) is 5.77. The van der Waals surface area contributed by atoms with E-state index >= 15 is 0 Å². The van der Waals surface area contributed by atoms with E-state index in [-0.39, 0.29) is 10.8 Å². The van der Waals surface area contributed by atoms with Crippen molar-refractivity contribution in [2.75, 3.05) is 13.1 Å². The summed E-state index contributed by atoms with van der Waals surface area (Å²) in [5.41, 5.74) is 1.13. The minimum Gasteiger partial charge on any atom is -0.315 e. The molecule has 0 aliphatic carbocycles. The third-order valence-corrected chi connectivity index (χ3v) is 2.49. The molecule has 0 radical (unpaired) electrons. The molecule has 0 bridgehead atoms. The molecule has 12 heavy (non-hydrogen) atoms. The topological polar surface area (TPSA) is 12.0 Å². The molecule has 1 saturated heterocycles. The Bertz CT molecular complexity index is 297. The number of hydrogen-bond donors (Lipinski definition) is 1. The van der Waals surface area contributed by atoms with Gasteiger partial charge in [-0.1, -0.05) is 17.7 Å². The van der Waals surface area contributed by atoms with Crippen LogP contribution >= 0.6 is 11.6 Å². The molecule has 0 amide bonds. The van der Waals surface area contributed by atoms with Gasteiger partial charge in [-0.15, -0.1) is 0 Å². The van der Waals surface area contributed by atoms with Crippen LogP contribution in [0.1, 0.15) is 11.5 Å². The fraction of sp³-hybridized carbons (Fsp3) is 0.333. The molecule has 1 aromatic carbocycles. The Hall–Kier alpha value is -0.600. The van der Waals surface area contributed by atoms with Gasteiger partial charge < -0.3 is 5.32 Å². The van der Waals surface area contributed by atoms with Crippen LogP contribution in [0.5, 0.6) is 0 Å². The van der Waals surface area contributed by atoms with Crippen molar-refractivity contribution in [2.24, 2.45) is 0 Å². The van der Waals surface area contributed by atoms with Gasteiger partial charge in [-0.05, 0) is 17.7 Å². The van der Waals surface area contributed by atoms with E-state index in [2.05, 4.69) is 5.32 Å². The summed E-state index contributed by atoms with van der Waals surface area (Å²) in [6.45, 7) is 1.95. The second-order valence-corrected chi connectivity index (χ2v) is 3.44. The van der Waals surface area contributed by atoms with Crippen molar-refractivity contribution < 1.29 is 4.39 Å². The Morgan fingerprint density at radius 3 is 2.67 bits per heavy atom. The lowest BCUT2D eigenvalue weighted by molar-refractivity contribution is 0.448. The Morgan fingerprint density at radius 2 is 2.17 bits per heavy atom. The van der Waals surface area contributed by atoms with Crippen molar-refractivity contribution in [1.82, 2.24) is 5.32 Å². The molecular weight excluding hydrogens is 177 g/mol. The molecule has 1 fully saturated rings. The van der Waals surface area contributed by atoms with Crippen LogP contribution in [0.15, 0.2) is 18.2 Å². The average molecular weight is 186 g/mol. The molecule has 0 spiro atoms. The zero-order chi connectivity index (χ0) is 8.55. The van der Waals surface area contributed by atoms with Gasteiger partial charge in [0, 0.05) is 19.0 Å². The van der Waals surface area contributed by atoms with Crippen molar-refractivity contribution in [3.05, 3.63) is 34.6 Å². The minimum absolute atomic E-state index is 0.222. The van der Waals surface area contributed by atoms with E-state index in [1.807, 2.05) is 0 Å². The van der Waals surface area contributed by atoms with Crippen molar-refractivity contribution in [3.63, 3.8) is 0 Å². The molecule has 64 valence electrons. The lowest BCUT2D eigenvalue weighted by Crippen LogP contribution is -2.39. The van der Waals surface area contributed by atoms with Gasteiger partial charge in [0.1, 0.15) is 5.82 Å². The third-order valence-electron chi connectivity index (χ3n) is 2.20. The third kappa shape index (κ3) is 1.32. The van der Waals surface area contributed by atoms with Crippen molar-refractivity contribution >= 4 is 11.6 Å². The predicted molar refractivity (Wildman–Crippen MR) is 47.0 cm³/mol. The summed E-state index contributed by atoms with van der Waals surface area (Å²) >= 11 is 5.64. The van der Waals surface area contributed by atoms with Crippen LogP contribution in [0, 0.1) is 5.82 Å². The molecule has 1 nitrogen and oxygen atoms in total. The lowest BCUT2D eigenvalue weighted by Gasteiger charge is -2.27. The Morgan fingerprint density at radius 1 is 1.42 bits per heavy atom. The molecule has 1 aliphatic heterocycles. The van der Waals surface area contributed by atoms with Crippen molar-refractivity contribution in [3.8, 4) is 0 Å². The highest BCUT2D eigenvalue weighted by atomic mass is 35.5. The summed E-state index contributed by atoms with van der Waals surface area (Å²) in [5.74, 6) is 0.177. The van der Waals surface area contributed by atoms with Crippen LogP contribution in [-0.4, -0.2) is 13.1 Å². The first-order valence-electron chi connectivity index (χ1n) is 3.93. The lowest BCUT2D eigenvalue weighted by atomic mass is 9.94. The van der Waals surface area contributed by atoms with Gasteiger partial charge in [0.2, 0.25) is 0 Å². The first-order valence-corrected chi connectivity index (χ1v) is 4.31. The van der Waals surface area contributed by atoms with Gasteiger partial charge in [-0.25, -0.2) is 4.39 Å². The number of benzene rings is 1. The van der Waals surface area contributed by atoms with Crippen LogP contribution in [0.4, 0.5) is 4.39 Å². The first kappa shape index (κ1) is 8.02. The summed E-state index contributed by atoms with van der Waals surface area (Å²) in [7, 11) is 0. The SMILES string of the molecule is Fc1ccc(C2CNC2)cc1Cl. The van der Waals surface area contributed by atoms with E-state index in [0.717, 1.165) is 18.7 Å². The fourth-order valence-electron chi connectivity index (χ4n) is 1.29. The molecule has 1 N–H and O–H groups in total. The van der Waals surface area contributed by atoms with Crippen LogP contribution in [0.3, 0.4) is 0 Å². The molecular formula is C9H9ClFN. The number of hydrogen-bond acceptors (Lipinski definition) is 1. The standard InChI is InChI=1S/C9H9ClFN/c10-8-3-6(1-2-9(8)11)7-4-12-5-7/h1-3,7,12H,4-5H2. The van der Waals surface area contributed by atoms with Gasteiger partial charge in [-0.2, -0.15) is 0 Å². The van der Waals surface area contributed by atoms with Gasteiger partial charge in [-0.3, -0.25) is 0 Å². The van der Waals surface area contributed by atoms with E-state index in [1.54, 1.807) is 12.1 Å². The molecule has 0 atom stereocenters. The second-order valence-electron chi connectivity index (χ2n) is 3.03. The normalized spacial score (nSPS) is 17.5. The summed E-state index contributed by atoms with van der Waals surface area (Å²) in [4.78, 5) is 0. The predicted octanol–water partition coefficient (Wildman–Crippen LogP) is 2.17. The highest BCUT2D eigenvalue weighted by molar-refractivity contribution is 6.30. The number of nitrogens with one attached hydrogen (secondary N) is 1. The number of rotatable bonds is 1. The summed E-state index contributed by atoms with van der Waals surface area (Å²) in [6.07, 6.45) is 0. The van der Waals surface area contributed by atoms with Gasteiger partial charge in [0.25, 0.3) is 0 Å². The monoisotopic (exact) mass is 185 g/mol. The summed E-state index contributed by atoms with van der Waals surface area (Å²) in [5, 5.41) is 3.38. The van der Waals surface area contributed by atoms with E-state index in [0.29, 0.717) is 5.92 Å². The highest BCUT2D eigenvalue weighted by Gasteiger charge is 2.19. The summed E-state index contributed by atoms with van der Waals surface area (Å²) in [6, 6.07) is 4.94. The molecule has 0 saturated carbocycles. The summed E-state index contributed by atoms with van der Waals surface area (Å²) < 4.78 is 12.7. The van der Waals surface area contributed by atoms with Crippen LogP contribution < -0.4 is 5.32 Å². The smallest absolute Gasteiger partial charge is 0.141 e. The Labute approximate surface area is 75.5 Å². The minimum atomic E-state index is -0.340. The maximum Gasteiger partial charge on any atom is 0.141 e. The largest absolute Gasteiger partial charge is 0.315 e. The van der Waals surface area contributed by atoms with Crippen molar-refractivity contribution in [2.45, 2.75) is 5.92 Å². The zero-order valence-electron chi connectivity index (χ0n) is 6.48. The average Bonchev–Trinajstić information content (AvgIpc) is 1.93. The second kappa shape index (κ2) is 3.04. The van der Waals surface area contributed by atoms with Gasteiger partial charge in [0.05, 0.1) is 5.02 Å². The van der Waals surface area contributed by atoms with Gasteiger partial charge in [0.15, 0.2) is 0 Å². The molecule has 1 heterocycles. The highest BCUT2D eigenvalue weighted by Crippen LogP contribution is 2.24. The van der Waals surface area contributed by atoms with E-state index < -0.39 is 0 Å². The van der Waals surface area contributed by atoms with Crippen molar-refractivity contribution in [1.29, 1.82) is 0 Å². The van der Waals surface area contributed by atoms with Gasteiger partial charge >= 0.3 is 0 Å². The maximum absolute atomic E-state index is 12.7. The molecule has 2 rings (SSSR count). The maximum atomic E-state index is 12.7. The quantitative estimate of drug-likeness (QED) is 0.707. The molecule has 0 aromatic heterocycles. The van der Waals surface area contributed by atoms with E-state index in [9.17, 15) is 4.39 Å². The molecule has 1 aromatic rings. The molecule has 1 aliphatic rings. The van der Waals surface area contributed by atoms with E-state index in [4.69, 9.17) is 11.6 Å². The Kier molecular flexibility index (Phi) is 2.03. The molecule has 3 heteroatoms. The van der Waals surface area contributed by atoms with E-state index in [1.165, 1.54) is 6.07 Å². The van der Waals surface area contributed by atoms with Crippen LogP contribution in [0.25, 0.3) is 0 Å². The number of halogens is 2.